The van der Waals surface area contributed by atoms with Gasteiger partial charge in [0.05, 0.1) is 18.4 Å². The van der Waals surface area contributed by atoms with Gasteiger partial charge in [-0.2, -0.15) is 13.2 Å². The van der Waals surface area contributed by atoms with Gasteiger partial charge in [-0.1, -0.05) is 0 Å². The number of nitrogens with one attached hydrogen (secondary N) is 2. The molecule has 2 aliphatic rings. The van der Waals surface area contributed by atoms with Crippen LogP contribution in [0.4, 0.5) is 13.2 Å². The van der Waals surface area contributed by atoms with Crippen LogP contribution in [0.15, 0.2) is 24.4 Å². The third kappa shape index (κ3) is 3.89. The molecule has 1 fully saturated rings. The number of hydrogen-bond donors (Lipinski definition) is 3. The number of H-pyrrole nitrogens is 1. The second-order valence-corrected chi connectivity index (χ2v) is 8.91. The van der Waals surface area contributed by atoms with Crippen molar-refractivity contribution in [3.8, 4) is 5.75 Å². The zero-order valence-electron chi connectivity index (χ0n) is 14.5. The van der Waals surface area contributed by atoms with Crippen LogP contribution in [0.2, 0.25) is 0 Å². The molecule has 0 bridgehead atoms. The van der Waals surface area contributed by atoms with Gasteiger partial charge in [-0.05, 0) is 36.4 Å². The predicted molar refractivity (Wildman–Crippen MR) is 96.8 cm³/mol. The Balaban J connectivity index is 1.47. The number of pyridine rings is 1. The molecule has 3 heterocycles. The van der Waals surface area contributed by atoms with Gasteiger partial charge in [-0.15, -0.1) is 0 Å². The van der Waals surface area contributed by atoms with E-state index in [1.165, 1.54) is 6.20 Å². The molecule has 0 spiro atoms. The van der Waals surface area contributed by atoms with E-state index in [-0.39, 0.29) is 5.92 Å². The average Bonchev–Trinajstić information content (AvgIpc) is 3.03. The van der Waals surface area contributed by atoms with Crippen LogP contribution in [0, 0.1) is 5.92 Å². The van der Waals surface area contributed by atoms with Gasteiger partial charge in [0.25, 0.3) is 0 Å². The van der Waals surface area contributed by atoms with E-state index in [1.807, 2.05) is 6.07 Å². The van der Waals surface area contributed by atoms with Crippen LogP contribution in [0.25, 0.3) is 16.6 Å². The molecule has 1 aliphatic heterocycles. The van der Waals surface area contributed by atoms with E-state index in [0.29, 0.717) is 24.2 Å². The summed E-state index contributed by atoms with van der Waals surface area (Å²) in [5, 5.41) is 10.8. The summed E-state index contributed by atoms with van der Waals surface area (Å²) in [5.74, 6) is 0.985. The van der Waals surface area contributed by atoms with Crippen molar-refractivity contribution < 1.29 is 31.3 Å². The molecule has 2 aromatic heterocycles. The standard InChI is InChI=1S/C16H17BF3N3O4S/c18-16(19,20)2-4-28(25,26)23-10-5-9(6-10)12-7-17(24)27-13-8-22-15-11(14(12)13)1-3-21-15/h1,3,7-10,23-24H,2,4-6H2,(H,21,22)/t9-,10+. The van der Waals surface area contributed by atoms with Crippen molar-refractivity contribution in [3.05, 3.63) is 30.0 Å². The van der Waals surface area contributed by atoms with Crippen LogP contribution >= 0.6 is 0 Å². The molecular weight excluding hydrogens is 398 g/mol. The SMILES string of the molecule is O=S(=O)(CCC(F)(F)F)N[C@H]1C[C@@H](C2=CB(O)Oc3cnc4[nH]ccc4c32)C1. The third-order valence-electron chi connectivity index (χ3n) is 4.99. The summed E-state index contributed by atoms with van der Waals surface area (Å²) in [7, 11) is -5.14. The Morgan fingerprint density at radius 1 is 1.39 bits per heavy atom. The first-order valence-electron chi connectivity index (χ1n) is 8.71. The summed E-state index contributed by atoms with van der Waals surface area (Å²) in [6.07, 6.45) is -1.78. The Bertz CT molecular complexity index is 1030. The summed E-state index contributed by atoms with van der Waals surface area (Å²) < 4.78 is 68.2. The van der Waals surface area contributed by atoms with Gasteiger partial charge >= 0.3 is 13.3 Å². The molecular formula is C16H17BF3N3O4S. The first kappa shape index (κ1) is 19.3. The van der Waals surface area contributed by atoms with Gasteiger partial charge < -0.3 is 14.7 Å². The minimum Gasteiger partial charge on any atom is -0.531 e. The highest BCUT2D eigenvalue weighted by atomic mass is 32.2. The molecule has 0 saturated heterocycles. The van der Waals surface area contributed by atoms with Gasteiger partial charge in [-0.25, -0.2) is 18.1 Å². The number of fused-ring (bicyclic) bond motifs is 3. The van der Waals surface area contributed by atoms with Crippen LogP contribution in [0.3, 0.4) is 0 Å². The van der Waals surface area contributed by atoms with E-state index in [2.05, 4.69) is 14.7 Å². The highest BCUT2D eigenvalue weighted by Gasteiger charge is 2.39. The smallest absolute Gasteiger partial charge is 0.531 e. The fourth-order valence-corrected chi connectivity index (χ4v) is 4.97. The summed E-state index contributed by atoms with van der Waals surface area (Å²) in [6.45, 7) is 0. The molecule has 0 unspecified atom stereocenters. The number of hydrogen-bond acceptors (Lipinski definition) is 5. The van der Waals surface area contributed by atoms with Crippen molar-refractivity contribution in [1.82, 2.24) is 14.7 Å². The number of aromatic amines is 1. The van der Waals surface area contributed by atoms with E-state index in [1.54, 1.807) is 12.2 Å². The molecule has 0 radical (unpaired) electrons. The second kappa shape index (κ2) is 6.78. The first-order chi connectivity index (χ1) is 13.1. The number of rotatable bonds is 5. The van der Waals surface area contributed by atoms with Crippen molar-refractivity contribution in [3.63, 3.8) is 0 Å². The summed E-state index contributed by atoms with van der Waals surface area (Å²) in [6, 6.07) is 1.41. The normalized spacial score (nSPS) is 22.4. The largest absolute Gasteiger partial charge is 0.552 e. The quantitative estimate of drug-likeness (QED) is 0.649. The molecule has 2 aromatic rings. The van der Waals surface area contributed by atoms with Crippen LogP contribution in [0.1, 0.15) is 24.8 Å². The Labute approximate surface area is 159 Å². The Kier molecular flexibility index (Phi) is 4.67. The lowest BCUT2D eigenvalue weighted by Gasteiger charge is -2.39. The zero-order valence-corrected chi connectivity index (χ0v) is 15.3. The van der Waals surface area contributed by atoms with E-state index in [4.69, 9.17) is 4.65 Å². The number of allylic oxidation sites excluding steroid dienone is 1. The van der Waals surface area contributed by atoms with Gasteiger partial charge in [0.15, 0.2) is 0 Å². The van der Waals surface area contributed by atoms with E-state index < -0.39 is 41.5 Å². The lowest BCUT2D eigenvalue weighted by molar-refractivity contribution is -0.130. The van der Waals surface area contributed by atoms with E-state index >= 15 is 0 Å². The van der Waals surface area contributed by atoms with E-state index in [9.17, 15) is 26.6 Å². The number of nitrogens with zero attached hydrogens (tertiary/aromatic N) is 1. The lowest BCUT2D eigenvalue weighted by atomic mass is 9.68. The van der Waals surface area contributed by atoms with Gasteiger partial charge in [0, 0.05) is 23.2 Å². The number of alkyl halides is 3. The molecule has 0 atom stereocenters. The maximum atomic E-state index is 12.3. The second-order valence-electron chi connectivity index (χ2n) is 7.03. The lowest BCUT2D eigenvalue weighted by Crippen LogP contribution is -2.46. The van der Waals surface area contributed by atoms with Crippen molar-refractivity contribution >= 4 is 33.7 Å². The molecule has 150 valence electrons. The molecule has 0 aromatic carbocycles. The van der Waals surface area contributed by atoms with Crippen molar-refractivity contribution in [2.45, 2.75) is 31.5 Å². The number of halogens is 3. The molecule has 28 heavy (non-hydrogen) atoms. The van der Waals surface area contributed by atoms with Gasteiger partial charge in [0.1, 0.15) is 11.4 Å². The minimum absolute atomic E-state index is 0.0480. The molecule has 1 aliphatic carbocycles. The number of sulfonamides is 1. The van der Waals surface area contributed by atoms with Crippen molar-refractivity contribution in [1.29, 1.82) is 0 Å². The number of aromatic nitrogens is 2. The summed E-state index contributed by atoms with van der Waals surface area (Å²) in [5.41, 5.74) is 2.28. The van der Waals surface area contributed by atoms with Crippen LogP contribution < -0.4 is 9.38 Å². The fraction of sp³-hybridized carbons (Fsp3) is 0.438. The predicted octanol–water partition coefficient (Wildman–Crippen LogP) is 2.01. The minimum atomic E-state index is -4.51. The summed E-state index contributed by atoms with van der Waals surface area (Å²) >= 11 is 0. The van der Waals surface area contributed by atoms with Crippen molar-refractivity contribution in [2.75, 3.05) is 5.75 Å². The van der Waals surface area contributed by atoms with Crippen LogP contribution in [0.5, 0.6) is 5.75 Å². The van der Waals surface area contributed by atoms with Crippen LogP contribution in [-0.2, 0) is 10.0 Å². The molecule has 3 N–H and O–H groups in total. The highest BCUT2D eigenvalue weighted by Crippen LogP contribution is 2.46. The fourth-order valence-electron chi connectivity index (χ4n) is 3.65. The molecule has 7 nitrogen and oxygen atoms in total. The van der Waals surface area contributed by atoms with E-state index in [0.717, 1.165) is 16.5 Å². The zero-order chi connectivity index (χ0) is 20.1. The first-order valence-corrected chi connectivity index (χ1v) is 10.4. The van der Waals surface area contributed by atoms with Gasteiger partial charge in [-0.3, -0.25) is 0 Å². The topological polar surface area (TPSA) is 104 Å². The maximum absolute atomic E-state index is 12.3. The maximum Gasteiger partial charge on any atom is 0.552 e. The van der Waals surface area contributed by atoms with Crippen molar-refractivity contribution in [2.24, 2.45) is 5.92 Å². The Morgan fingerprint density at radius 3 is 2.86 bits per heavy atom. The molecule has 4 rings (SSSR count). The average molecular weight is 415 g/mol. The molecule has 0 amide bonds. The highest BCUT2D eigenvalue weighted by molar-refractivity contribution is 7.89. The molecule has 1 saturated carbocycles. The monoisotopic (exact) mass is 415 g/mol. The third-order valence-corrected chi connectivity index (χ3v) is 6.42. The van der Waals surface area contributed by atoms with Gasteiger partial charge in [0.2, 0.25) is 10.0 Å². The van der Waals surface area contributed by atoms with Crippen LogP contribution in [-0.4, -0.2) is 48.5 Å². The Hall–Kier alpha value is -2.05. The molecule has 12 heteroatoms. The Morgan fingerprint density at radius 2 is 2.14 bits per heavy atom. The summed E-state index contributed by atoms with van der Waals surface area (Å²) in [4.78, 5) is 7.23.